The molecule has 1 atom stereocenters. The van der Waals surface area contributed by atoms with E-state index in [0.29, 0.717) is 5.92 Å². The summed E-state index contributed by atoms with van der Waals surface area (Å²) < 4.78 is 0. The predicted molar refractivity (Wildman–Crippen MR) is 86.3 cm³/mol. The van der Waals surface area contributed by atoms with Crippen LogP contribution in [0.5, 0.6) is 0 Å². The van der Waals surface area contributed by atoms with Crippen LogP contribution >= 0.6 is 0 Å². The van der Waals surface area contributed by atoms with E-state index in [9.17, 15) is 0 Å². The van der Waals surface area contributed by atoms with E-state index in [-0.39, 0.29) is 0 Å². The van der Waals surface area contributed by atoms with Crippen LogP contribution in [0.4, 0.5) is 5.69 Å². The second-order valence-electron chi connectivity index (χ2n) is 6.69. The van der Waals surface area contributed by atoms with E-state index in [4.69, 9.17) is 0 Å². The molecule has 110 valence electrons. The first-order valence-corrected chi connectivity index (χ1v) is 8.31. The number of hydrogen-bond donors (Lipinski definition) is 1. The summed E-state index contributed by atoms with van der Waals surface area (Å²) in [7, 11) is 2.33. The molecule has 0 spiro atoms. The lowest BCUT2D eigenvalue weighted by Crippen LogP contribution is -2.38. The Bertz CT molecular complexity index is 435. The molecule has 2 aliphatic rings. The van der Waals surface area contributed by atoms with Gasteiger partial charge in [-0.2, -0.15) is 0 Å². The first-order valence-electron chi connectivity index (χ1n) is 8.31. The van der Waals surface area contributed by atoms with Gasteiger partial charge in [-0.3, -0.25) is 0 Å². The fraction of sp³-hybridized carbons (Fsp3) is 0.667. The van der Waals surface area contributed by atoms with E-state index in [1.54, 1.807) is 0 Å². The third-order valence-electron chi connectivity index (χ3n) is 5.46. The highest BCUT2D eigenvalue weighted by molar-refractivity contribution is 5.57. The number of rotatable bonds is 4. The molecule has 3 rings (SSSR count). The average Bonchev–Trinajstić information content (AvgIpc) is 2.91. The Kier molecular flexibility index (Phi) is 4.30. The lowest BCUT2D eigenvalue weighted by molar-refractivity contribution is 0.158. The molecule has 20 heavy (non-hydrogen) atoms. The minimum atomic E-state index is 0.667. The normalized spacial score (nSPS) is 29.2. The molecule has 1 N–H and O–H groups in total. The number of nitrogens with zero attached hydrogens (tertiary/aromatic N) is 1. The van der Waals surface area contributed by atoms with Gasteiger partial charge in [0.2, 0.25) is 0 Å². The van der Waals surface area contributed by atoms with E-state index in [1.165, 1.54) is 49.9 Å². The summed E-state index contributed by atoms with van der Waals surface area (Å²) in [6.07, 6.45) is 7.04. The molecule has 0 aromatic heterocycles. The highest BCUT2D eigenvalue weighted by Gasteiger charge is 2.27. The van der Waals surface area contributed by atoms with Gasteiger partial charge in [0.1, 0.15) is 0 Å². The van der Waals surface area contributed by atoms with Gasteiger partial charge in [0.25, 0.3) is 0 Å². The Morgan fingerprint density at radius 3 is 2.65 bits per heavy atom. The molecule has 1 fully saturated rings. The molecule has 1 aliphatic carbocycles. The van der Waals surface area contributed by atoms with E-state index in [0.717, 1.165) is 18.5 Å². The molecule has 0 radical (unpaired) electrons. The van der Waals surface area contributed by atoms with Gasteiger partial charge >= 0.3 is 0 Å². The van der Waals surface area contributed by atoms with E-state index >= 15 is 0 Å². The van der Waals surface area contributed by atoms with Crippen LogP contribution in [-0.4, -0.2) is 31.1 Å². The Hall–Kier alpha value is -1.02. The first-order chi connectivity index (χ1) is 9.78. The summed E-state index contributed by atoms with van der Waals surface area (Å²) in [4.78, 5) is 2.63. The summed E-state index contributed by atoms with van der Waals surface area (Å²) in [5.41, 5.74) is 2.86. The van der Waals surface area contributed by atoms with Gasteiger partial charge < -0.3 is 10.2 Å². The molecular formula is C18H28N2. The quantitative estimate of drug-likeness (QED) is 0.888. The largest absolute Gasteiger partial charge is 0.384 e. The lowest BCUT2D eigenvalue weighted by Gasteiger charge is -2.35. The van der Waals surface area contributed by atoms with Gasteiger partial charge in [-0.15, -0.1) is 0 Å². The van der Waals surface area contributed by atoms with Gasteiger partial charge in [-0.25, -0.2) is 0 Å². The first kappa shape index (κ1) is 13.9. The molecule has 1 saturated carbocycles. The smallest absolute Gasteiger partial charge is 0.0376 e. The molecule has 1 heterocycles. The zero-order valence-electron chi connectivity index (χ0n) is 12.9. The van der Waals surface area contributed by atoms with Crippen LogP contribution < -0.4 is 5.32 Å². The number of benzene rings is 1. The monoisotopic (exact) mass is 272 g/mol. The Morgan fingerprint density at radius 2 is 1.90 bits per heavy atom. The van der Waals surface area contributed by atoms with Crippen molar-refractivity contribution in [3.8, 4) is 0 Å². The molecule has 0 amide bonds. The zero-order valence-corrected chi connectivity index (χ0v) is 12.9. The third kappa shape index (κ3) is 2.85. The maximum Gasteiger partial charge on any atom is 0.0376 e. The van der Waals surface area contributed by atoms with E-state index in [1.807, 2.05) is 0 Å². The molecule has 1 unspecified atom stereocenters. The summed E-state index contributed by atoms with van der Waals surface area (Å²) in [6.45, 7) is 4.65. The van der Waals surface area contributed by atoms with Crippen LogP contribution in [0, 0.1) is 5.92 Å². The molecule has 1 aliphatic heterocycles. The molecular weight excluding hydrogens is 244 g/mol. The fourth-order valence-corrected chi connectivity index (χ4v) is 4.01. The topological polar surface area (TPSA) is 15.3 Å². The number of fused-ring (bicyclic) bond motifs is 1. The Balaban J connectivity index is 1.56. The maximum absolute atomic E-state index is 3.55. The van der Waals surface area contributed by atoms with E-state index in [2.05, 4.69) is 48.5 Å². The zero-order chi connectivity index (χ0) is 13.9. The van der Waals surface area contributed by atoms with E-state index < -0.39 is 0 Å². The van der Waals surface area contributed by atoms with Gasteiger partial charge in [0, 0.05) is 30.7 Å². The van der Waals surface area contributed by atoms with Crippen molar-refractivity contribution >= 4 is 5.69 Å². The Morgan fingerprint density at radius 1 is 1.15 bits per heavy atom. The van der Waals surface area contributed by atoms with Crippen molar-refractivity contribution in [1.82, 2.24) is 4.90 Å². The van der Waals surface area contributed by atoms with Crippen molar-refractivity contribution in [3.05, 3.63) is 29.8 Å². The average molecular weight is 272 g/mol. The van der Waals surface area contributed by atoms with Crippen LogP contribution in [0.15, 0.2) is 24.3 Å². The molecule has 1 aromatic carbocycles. The van der Waals surface area contributed by atoms with Crippen LogP contribution in [0.1, 0.15) is 50.5 Å². The number of anilines is 1. The highest BCUT2D eigenvalue weighted by Crippen LogP contribution is 2.34. The minimum absolute atomic E-state index is 0.667. The van der Waals surface area contributed by atoms with Crippen molar-refractivity contribution in [3.63, 3.8) is 0 Å². The highest BCUT2D eigenvalue weighted by atomic mass is 15.1. The van der Waals surface area contributed by atoms with Gasteiger partial charge in [0.05, 0.1) is 0 Å². The summed E-state index contributed by atoms with van der Waals surface area (Å²) in [5, 5.41) is 3.55. The SMILES string of the molecule is CCC1CCC(N(C)CC2CNc3ccccc32)CC1. The number of para-hydroxylation sites is 1. The number of hydrogen-bond acceptors (Lipinski definition) is 2. The van der Waals surface area contributed by atoms with Crippen LogP contribution in [0.2, 0.25) is 0 Å². The molecule has 2 nitrogen and oxygen atoms in total. The third-order valence-corrected chi connectivity index (χ3v) is 5.46. The van der Waals surface area contributed by atoms with Crippen molar-refractivity contribution in [1.29, 1.82) is 0 Å². The number of likely N-dealkylation sites (N-methyl/N-ethyl adjacent to an activating group) is 1. The standard InChI is InChI=1S/C18H28N2/c1-3-14-8-10-16(11-9-14)20(2)13-15-12-19-18-7-5-4-6-17(15)18/h4-7,14-16,19H,3,8-13H2,1-2H3. The van der Waals surface area contributed by atoms with Gasteiger partial charge in [-0.05, 0) is 50.3 Å². The minimum Gasteiger partial charge on any atom is -0.384 e. The molecule has 0 saturated heterocycles. The predicted octanol–water partition coefficient (Wildman–Crippen LogP) is 4.10. The maximum atomic E-state index is 3.55. The van der Waals surface area contributed by atoms with Crippen LogP contribution in [-0.2, 0) is 0 Å². The molecule has 2 heteroatoms. The molecule has 0 bridgehead atoms. The van der Waals surface area contributed by atoms with Crippen molar-refractivity contribution in [2.24, 2.45) is 5.92 Å². The van der Waals surface area contributed by atoms with Gasteiger partial charge in [-0.1, -0.05) is 31.5 Å². The number of nitrogens with one attached hydrogen (secondary N) is 1. The summed E-state index contributed by atoms with van der Waals surface area (Å²) >= 11 is 0. The van der Waals surface area contributed by atoms with Crippen molar-refractivity contribution < 1.29 is 0 Å². The molecule has 1 aromatic rings. The van der Waals surface area contributed by atoms with Crippen LogP contribution in [0.3, 0.4) is 0 Å². The lowest BCUT2D eigenvalue weighted by atomic mass is 9.84. The van der Waals surface area contributed by atoms with Crippen molar-refractivity contribution in [2.75, 3.05) is 25.5 Å². The summed E-state index contributed by atoms with van der Waals surface area (Å²) in [5.74, 6) is 1.66. The Labute approximate surface area is 123 Å². The second-order valence-corrected chi connectivity index (χ2v) is 6.69. The second kappa shape index (κ2) is 6.17. The van der Waals surface area contributed by atoms with Crippen LogP contribution in [0.25, 0.3) is 0 Å². The summed E-state index contributed by atoms with van der Waals surface area (Å²) in [6, 6.07) is 9.62. The van der Waals surface area contributed by atoms with Gasteiger partial charge in [0.15, 0.2) is 0 Å². The van der Waals surface area contributed by atoms with Crippen molar-refractivity contribution in [2.45, 2.75) is 51.0 Å². The fourth-order valence-electron chi connectivity index (χ4n) is 4.01.